The monoisotopic (exact) mass is 463 g/mol. The Balaban J connectivity index is 1.74. The van der Waals surface area contributed by atoms with Gasteiger partial charge in [-0.05, 0) is 73.5 Å². The minimum atomic E-state index is -3.85. The first-order chi connectivity index (χ1) is 15.6. The lowest BCUT2D eigenvalue weighted by molar-refractivity contribution is -0.118. The van der Waals surface area contributed by atoms with E-state index >= 15 is 0 Å². The average molecular weight is 464 g/mol. The second-order valence-corrected chi connectivity index (χ2v) is 8.94. The number of anilines is 1. The third kappa shape index (κ3) is 5.83. The predicted molar refractivity (Wildman–Crippen MR) is 122 cm³/mol. The number of sulfonamides is 1. The van der Waals surface area contributed by atoms with E-state index in [0.29, 0.717) is 22.4 Å². The van der Waals surface area contributed by atoms with E-state index in [1.165, 1.54) is 24.3 Å². The number of nitrogens with two attached hydrogens (primary N) is 1. The first-order valence-corrected chi connectivity index (χ1v) is 11.3. The number of amides is 1. The topological polar surface area (TPSA) is 139 Å². The summed E-state index contributed by atoms with van der Waals surface area (Å²) in [4.78, 5) is 25.4. The number of rotatable bonds is 7. The quantitative estimate of drug-likeness (QED) is 0.516. The number of para-hydroxylation sites is 1. The molecule has 3 aromatic carbocycles. The zero-order chi connectivity index (χ0) is 24.2. The maximum Gasteiger partial charge on any atom is 0.262 e. The summed E-state index contributed by atoms with van der Waals surface area (Å²) >= 11 is 0. The van der Waals surface area contributed by atoms with Crippen LogP contribution in [0.5, 0.6) is 5.75 Å². The van der Waals surface area contributed by atoms with Gasteiger partial charge in [-0.3, -0.25) is 9.59 Å². The molecule has 0 fully saturated rings. The van der Waals surface area contributed by atoms with Crippen molar-refractivity contribution in [2.75, 3.05) is 11.9 Å². The molecular formula is C24H21N3O5S. The van der Waals surface area contributed by atoms with Gasteiger partial charge < -0.3 is 10.1 Å². The molecule has 3 aromatic rings. The standard InChI is InChI=1S/C24H21N3O5S/c1-15-9-17(13-25)12-18(10-15)24(29)20-5-3-4-6-22(20)32-14-23(28)27-21-8-7-19(11-16(21)2)33(26,30)31/h3-12H,14H2,1-2H3,(H,27,28)(H2,26,30,31). The molecule has 3 rings (SSSR count). The van der Waals surface area contributed by atoms with Gasteiger partial charge in [0, 0.05) is 11.3 Å². The Labute approximate surface area is 191 Å². The summed E-state index contributed by atoms with van der Waals surface area (Å²) in [5, 5.41) is 16.9. The number of carbonyl (C=O) groups is 2. The summed E-state index contributed by atoms with van der Waals surface area (Å²) in [5.74, 6) is -0.606. The van der Waals surface area contributed by atoms with Gasteiger partial charge in [0.2, 0.25) is 10.0 Å². The maximum absolute atomic E-state index is 13.0. The van der Waals surface area contributed by atoms with Crippen LogP contribution in [0, 0.1) is 25.2 Å². The average Bonchev–Trinajstić information content (AvgIpc) is 2.77. The van der Waals surface area contributed by atoms with Gasteiger partial charge in [0.15, 0.2) is 12.4 Å². The van der Waals surface area contributed by atoms with Crippen molar-refractivity contribution in [3.8, 4) is 11.8 Å². The molecule has 0 bridgehead atoms. The van der Waals surface area contributed by atoms with Crippen LogP contribution >= 0.6 is 0 Å². The fourth-order valence-electron chi connectivity index (χ4n) is 3.20. The summed E-state index contributed by atoms with van der Waals surface area (Å²) in [6.45, 7) is 3.05. The summed E-state index contributed by atoms with van der Waals surface area (Å²) in [6.07, 6.45) is 0. The van der Waals surface area contributed by atoms with Crippen molar-refractivity contribution in [2.45, 2.75) is 18.7 Å². The van der Waals surface area contributed by atoms with Gasteiger partial charge in [-0.15, -0.1) is 0 Å². The number of hydrogen-bond donors (Lipinski definition) is 2. The van der Waals surface area contributed by atoms with Crippen LogP contribution in [0.1, 0.15) is 32.6 Å². The lowest BCUT2D eigenvalue weighted by atomic mass is 9.99. The molecule has 168 valence electrons. The van der Waals surface area contributed by atoms with Crippen LogP contribution in [0.3, 0.4) is 0 Å². The molecule has 0 spiro atoms. The van der Waals surface area contributed by atoms with E-state index in [-0.39, 0.29) is 28.6 Å². The van der Waals surface area contributed by atoms with Crippen molar-refractivity contribution < 1.29 is 22.7 Å². The molecule has 0 unspecified atom stereocenters. The van der Waals surface area contributed by atoms with Crippen molar-refractivity contribution in [1.29, 1.82) is 5.26 Å². The molecule has 0 aliphatic carbocycles. The summed E-state index contributed by atoms with van der Waals surface area (Å²) in [5.41, 5.74) is 2.67. The summed E-state index contributed by atoms with van der Waals surface area (Å²) < 4.78 is 28.5. The molecule has 0 saturated carbocycles. The zero-order valence-electron chi connectivity index (χ0n) is 18.0. The number of hydrogen-bond acceptors (Lipinski definition) is 6. The second kappa shape index (κ2) is 9.65. The SMILES string of the molecule is Cc1cc(C#N)cc(C(=O)c2ccccc2OCC(=O)Nc2ccc(S(N)(=O)=O)cc2C)c1. The maximum atomic E-state index is 13.0. The van der Waals surface area contributed by atoms with E-state index in [1.807, 2.05) is 6.07 Å². The Morgan fingerprint density at radius 3 is 2.45 bits per heavy atom. The third-order valence-electron chi connectivity index (χ3n) is 4.76. The Morgan fingerprint density at radius 1 is 1.06 bits per heavy atom. The normalized spacial score (nSPS) is 10.8. The van der Waals surface area contributed by atoms with E-state index in [2.05, 4.69) is 5.32 Å². The number of nitrogens with one attached hydrogen (secondary N) is 1. The van der Waals surface area contributed by atoms with Crippen LogP contribution in [0.25, 0.3) is 0 Å². The molecule has 0 saturated heterocycles. The highest BCUT2D eigenvalue weighted by atomic mass is 32.2. The minimum absolute atomic E-state index is 0.0580. The second-order valence-electron chi connectivity index (χ2n) is 7.38. The number of ketones is 1. The van der Waals surface area contributed by atoms with Gasteiger partial charge >= 0.3 is 0 Å². The number of carbonyl (C=O) groups excluding carboxylic acids is 2. The Kier molecular flexibility index (Phi) is 6.92. The molecule has 0 aromatic heterocycles. The van der Waals surface area contributed by atoms with Crippen LogP contribution in [0.2, 0.25) is 0 Å². The van der Waals surface area contributed by atoms with Crippen molar-refractivity contribution in [3.63, 3.8) is 0 Å². The Hall–Kier alpha value is -4.00. The van der Waals surface area contributed by atoms with Crippen LogP contribution in [0.4, 0.5) is 5.69 Å². The highest BCUT2D eigenvalue weighted by Gasteiger charge is 2.17. The number of nitrogens with zero attached hydrogens (tertiary/aromatic N) is 1. The molecule has 1 amide bonds. The Morgan fingerprint density at radius 2 is 1.79 bits per heavy atom. The largest absolute Gasteiger partial charge is 0.483 e. The molecule has 33 heavy (non-hydrogen) atoms. The van der Waals surface area contributed by atoms with Crippen LogP contribution in [-0.4, -0.2) is 26.7 Å². The van der Waals surface area contributed by atoms with E-state index in [9.17, 15) is 18.0 Å². The number of nitriles is 1. The van der Waals surface area contributed by atoms with Crippen molar-refractivity contribution in [3.05, 3.63) is 88.5 Å². The summed E-state index contributed by atoms with van der Waals surface area (Å²) in [6, 6.07) is 17.5. The van der Waals surface area contributed by atoms with Crippen molar-refractivity contribution >= 4 is 27.4 Å². The number of benzene rings is 3. The molecule has 3 N–H and O–H groups in total. The fourth-order valence-corrected chi connectivity index (χ4v) is 3.80. The number of primary sulfonamides is 1. The zero-order valence-corrected chi connectivity index (χ0v) is 18.8. The van der Waals surface area contributed by atoms with E-state index < -0.39 is 15.9 Å². The molecule has 8 nitrogen and oxygen atoms in total. The molecule has 0 aliphatic heterocycles. The minimum Gasteiger partial charge on any atom is -0.483 e. The van der Waals surface area contributed by atoms with Gasteiger partial charge in [-0.2, -0.15) is 5.26 Å². The first-order valence-electron chi connectivity index (χ1n) is 9.80. The van der Waals surface area contributed by atoms with Crippen LogP contribution in [0.15, 0.2) is 65.6 Å². The third-order valence-corrected chi connectivity index (χ3v) is 5.67. The highest BCUT2D eigenvalue weighted by Crippen LogP contribution is 2.23. The molecule has 0 atom stereocenters. The van der Waals surface area contributed by atoms with Gasteiger partial charge in [0.1, 0.15) is 5.75 Å². The molecular weight excluding hydrogens is 442 g/mol. The Bertz CT molecular complexity index is 1390. The highest BCUT2D eigenvalue weighted by molar-refractivity contribution is 7.89. The lowest BCUT2D eigenvalue weighted by Gasteiger charge is -2.13. The van der Waals surface area contributed by atoms with Crippen molar-refractivity contribution in [2.24, 2.45) is 5.14 Å². The number of aryl methyl sites for hydroxylation is 2. The smallest absolute Gasteiger partial charge is 0.262 e. The van der Waals surface area contributed by atoms with E-state index in [4.69, 9.17) is 15.1 Å². The van der Waals surface area contributed by atoms with Gasteiger partial charge in [0.25, 0.3) is 5.91 Å². The van der Waals surface area contributed by atoms with E-state index in [0.717, 1.165) is 5.56 Å². The molecule has 0 heterocycles. The van der Waals surface area contributed by atoms with Gasteiger partial charge in [-0.25, -0.2) is 13.6 Å². The van der Waals surface area contributed by atoms with Gasteiger partial charge in [-0.1, -0.05) is 12.1 Å². The summed E-state index contributed by atoms with van der Waals surface area (Å²) in [7, 11) is -3.85. The van der Waals surface area contributed by atoms with Crippen molar-refractivity contribution in [1.82, 2.24) is 0 Å². The molecule has 0 aliphatic rings. The fraction of sp³-hybridized carbons (Fsp3) is 0.125. The first kappa shape index (κ1) is 23.7. The molecule has 0 radical (unpaired) electrons. The lowest BCUT2D eigenvalue weighted by Crippen LogP contribution is -2.21. The van der Waals surface area contributed by atoms with Crippen LogP contribution < -0.4 is 15.2 Å². The van der Waals surface area contributed by atoms with E-state index in [1.54, 1.807) is 50.2 Å². The number of ether oxygens (including phenoxy) is 1. The van der Waals surface area contributed by atoms with Crippen LogP contribution in [-0.2, 0) is 14.8 Å². The van der Waals surface area contributed by atoms with Gasteiger partial charge in [0.05, 0.1) is 22.1 Å². The molecule has 9 heteroatoms. The predicted octanol–water partition coefficient (Wildman–Crippen LogP) is 3.07.